The Morgan fingerprint density at radius 2 is 1.89 bits per heavy atom. The Morgan fingerprint density at radius 3 is 2.43 bits per heavy atom. The first-order valence-corrected chi connectivity index (χ1v) is 11.2. The first kappa shape index (κ1) is 27.4. The summed E-state index contributed by atoms with van der Waals surface area (Å²) in [5.74, 6) is -1.02. The van der Waals surface area contributed by atoms with Gasteiger partial charge in [0.1, 0.15) is 11.0 Å². The summed E-state index contributed by atoms with van der Waals surface area (Å²) in [6.07, 6.45) is -2.44. The molecule has 1 atom stereocenters. The van der Waals surface area contributed by atoms with Crippen LogP contribution in [0.5, 0.6) is 5.75 Å². The molecule has 0 spiro atoms. The van der Waals surface area contributed by atoms with Gasteiger partial charge in [-0.05, 0) is 36.1 Å². The zero-order valence-corrected chi connectivity index (χ0v) is 20.1. The molecule has 0 amide bonds. The van der Waals surface area contributed by atoms with Gasteiger partial charge < -0.3 is 25.9 Å². The van der Waals surface area contributed by atoms with Crippen LogP contribution in [0.1, 0.15) is 20.3 Å². The molecule has 0 fully saturated rings. The average Bonchev–Trinajstić information content (AvgIpc) is 3.46. The number of hydrogen-bond acceptors (Lipinski definition) is 9. The van der Waals surface area contributed by atoms with Crippen molar-refractivity contribution in [3.8, 4) is 28.5 Å². The molecule has 1 aromatic carbocycles. The molecule has 3 heterocycles. The quantitative estimate of drug-likeness (QED) is 0.310. The van der Waals surface area contributed by atoms with Gasteiger partial charge >= 0.3 is 12.1 Å². The van der Waals surface area contributed by atoms with Crippen LogP contribution in [-0.2, 0) is 11.3 Å². The number of imidazole rings is 1. The van der Waals surface area contributed by atoms with Crippen molar-refractivity contribution in [2.45, 2.75) is 33.0 Å². The summed E-state index contributed by atoms with van der Waals surface area (Å²) in [5, 5.41) is 14.8. The zero-order valence-electron chi connectivity index (χ0n) is 20.1. The highest BCUT2D eigenvalue weighted by atomic mass is 19.4. The predicted molar refractivity (Wildman–Crippen MR) is 128 cm³/mol. The molecule has 0 radical (unpaired) electrons. The number of carboxylic acids is 1. The molecule has 0 aliphatic heterocycles. The molecular formula is C23H26F3N7O4. The summed E-state index contributed by atoms with van der Waals surface area (Å²) in [5.41, 5.74) is 15.3. The lowest BCUT2D eigenvalue weighted by Gasteiger charge is -2.14. The minimum atomic E-state index is -5.08. The molecule has 3 aromatic heterocycles. The smallest absolute Gasteiger partial charge is 0.489 e. The second-order valence-corrected chi connectivity index (χ2v) is 8.01. The van der Waals surface area contributed by atoms with Crippen molar-refractivity contribution in [2.75, 3.05) is 18.9 Å². The fourth-order valence-electron chi connectivity index (χ4n) is 3.47. The van der Waals surface area contributed by atoms with E-state index < -0.39 is 12.1 Å². The number of fused-ring (bicyclic) bond motifs is 1. The van der Waals surface area contributed by atoms with Crippen LogP contribution in [0.15, 0.2) is 41.2 Å². The molecular weight excluding hydrogens is 495 g/mol. The SMILES string of the molecule is CCn1c(-c2nonc2N)nc2c(-c3ccccc3)ncc(OCC(C)CCN)c21.O=C(O)C(F)(F)F. The number of aryl methyl sites for hydroxylation is 1. The summed E-state index contributed by atoms with van der Waals surface area (Å²) in [6.45, 7) is 5.93. The van der Waals surface area contributed by atoms with Crippen LogP contribution in [0.4, 0.5) is 19.0 Å². The van der Waals surface area contributed by atoms with Crippen molar-refractivity contribution in [1.29, 1.82) is 0 Å². The van der Waals surface area contributed by atoms with Crippen LogP contribution < -0.4 is 16.2 Å². The van der Waals surface area contributed by atoms with E-state index in [0.29, 0.717) is 48.4 Å². The van der Waals surface area contributed by atoms with Gasteiger partial charge in [-0.15, -0.1) is 0 Å². The molecule has 37 heavy (non-hydrogen) atoms. The van der Waals surface area contributed by atoms with Gasteiger partial charge in [0.25, 0.3) is 0 Å². The summed E-state index contributed by atoms with van der Waals surface area (Å²) in [7, 11) is 0. The van der Waals surface area contributed by atoms with Crippen LogP contribution in [0.25, 0.3) is 33.8 Å². The largest absolute Gasteiger partial charge is 0.490 e. The van der Waals surface area contributed by atoms with Gasteiger partial charge in [-0.25, -0.2) is 19.4 Å². The predicted octanol–water partition coefficient (Wildman–Crippen LogP) is 3.75. The molecule has 1 unspecified atom stereocenters. The van der Waals surface area contributed by atoms with E-state index in [0.717, 1.165) is 23.2 Å². The first-order valence-electron chi connectivity index (χ1n) is 11.2. The molecule has 0 saturated carbocycles. The Hall–Kier alpha value is -4.20. The van der Waals surface area contributed by atoms with E-state index in [4.69, 9.17) is 35.7 Å². The first-order chi connectivity index (χ1) is 17.6. The highest BCUT2D eigenvalue weighted by Crippen LogP contribution is 2.36. The van der Waals surface area contributed by atoms with Crippen molar-refractivity contribution in [3.05, 3.63) is 36.5 Å². The molecule has 0 aliphatic carbocycles. The third kappa shape index (κ3) is 6.33. The molecule has 198 valence electrons. The summed E-state index contributed by atoms with van der Waals surface area (Å²) in [4.78, 5) is 18.4. The number of aliphatic carboxylic acids is 1. The molecule has 4 aromatic rings. The molecule has 5 N–H and O–H groups in total. The van der Waals surface area contributed by atoms with Crippen LogP contribution in [0, 0.1) is 5.92 Å². The second-order valence-electron chi connectivity index (χ2n) is 8.01. The Morgan fingerprint density at radius 1 is 1.22 bits per heavy atom. The second kappa shape index (κ2) is 11.7. The number of nitrogens with two attached hydrogens (primary N) is 2. The van der Waals surface area contributed by atoms with Crippen molar-refractivity contribution in [1.82, 2.24) is 24.8 Å². The minimum absolute atomic E-state index is 0.188. The van der Waals surface area contributed by atoms with Crippen molar-refractivity contribution in [2.24, 2.45) is 11.7 Å². The number of halogens is 3. The van der Waals surface area contributed by atoms with Crippen LogP contribution in [0.3, 0.4) is 0 Å². The van der Waals surface area contributed by atoms with E-state index >= 15 is 0 Å². The van der Waals surface area contributed by atoms with Crippen molar-refractivity contribution < 1.29 is 32.4 Å². The number of ether oxygens (including phenoxy) is 1. The van der Waals surface area contributed by atoms with E-state index in [-0.39, 0.29) is 5.82 Å². The van der Waals surface area contributed by atoms with Gasteiger partial charge in [-0.3, -0.25) is 0 Å². The average molecular weight is 522 g/mol. The van der Waals surface area contributed by atoms with Gasteiger partial charge in [-0.1, -0.05) is 37.3 Å². The maximum Gasteiger partial charge on any atom is 0.490 e. The third-order valence-corrected chi connectivity index (χ3v) is 5.25. The van der Waals surface area contributed by atoms with Gasteiger partial charge in [-0.2, -0.15) is 13.2 Å². The van der Waals surface area contributed by atoms with E-state index in [1.54, 1.807) is 6.20 Å². The van der Waals surface area contributed by atoms with E-state index in [2.05, 4.69) is 22.2 Å². The number of alkyl halides is 3. The lowest BCUT2D eigenvalue weighted by atomic mass is 10.1. The van der Waals surface area contributed by atoms with Crippen molar-refractivity contribution >= 4 is 22.8 Å². The summed E-state index contributed by atoms with van der Waals surface area (Å²) in [6, 6.07) is 9.91. The Labute approximate surface area is 209 Å². The van der Waals surface area contributed by atoms with Gasteiger partial charge in [0, 0.05) is 12.1 Å². The number of benzene rings is 1. The maximum absolute atomic E-state index is 10.6. The van der Waals surface area contributed by atoms with E-state index in [1.165, 1.54) is 0 Å². The molecule has 0 bridgehead atoms. The zero-order chi connectivity index (χ0) is 27.2. The normalized spacial score (nSPS) is 12.2. The highest BCUT2D eigenvalue weighted by Gasteiger charge is 2.38. The number of nitrogens with zero attached hydrogens (tertiary/aromatic N) is 5. The molecule has 0 aliphatic rings. The molecule has 14 heteroatoms. The van der Waals surface area contributed by atoms with Crippen LogP contribution in [0.2, 0.25) is 0 Å². The van der Waals surface area contributed by atoms with Gasteiger partial charge in [0.2, 0.25) is 0 Å². The van der Waals surface area contributed by atoms with Crippen LogP contribution in [-0.4, -0.2) is 55.3 Å². The number of pyridine rings is 1. The summed E-state index contributed by atoms with van der Waals surface area (Å²) >= 11 is 0. The fourth-order valence-corrected chi connectivity index (χ4v) is 3.47. The lowest BCUT2D eigenvalue weighted by Crippen LogP contribution is -2.21. The summed E-state index contributed by atoms with van der Waals surface area (Å²) < 4.78 is 44.7. The van der Waals surface area contributed by atoms with E-state index in [9.17, 15) is 13.2 Å². The standard InChI is InChI=1S/C21H25N7O2.C2HF3O2/c1-3-28-19-15(29-12-13(2)9-10-22)11-24-16(14-7-5-4-6-8-14)17(19)25-21(28)18-20(23)27-30-26-18;3-2(4,5)1(6)7/h4-8,11,13H,3,9-10,12,22H2,1-2H3,(H2,23,27);(H,6,7). The van der Waals surface area contributed by atoms with E-state index in [1.807, 2.05) is 41.8 Å². The number of hydrogen-bond donors (Lipinski definition) is 3. The topological polar surface area (TPSA) is 168 Å². The number of carbonyl (C=O) groups is 1. The van der Waals surface area contributed by atoms with Crippen molar-refractivity contribution in [3.63, 3.8) is 0 Å². The Kier molecular flexibility index (Phi) is 8.65. The third-order valence-electron chi connectivity index (χ3n) is 5.25. The number of carboxylic acid groups (broad SMARTS) is 1. The molecule has 11 nitrogen and oxygen atoms in total. The lowest BCUT2D eigenvalue weighted by molar-refractivity contribution is -0.192. The Bertz CT molecular complexity index is 1340. The maximum atomic E-state index is 10.6. The minimum Gasteiger partial charge on any atom is -0.489 e. The number of rotatable bonds is 8. The van der Waals surface area contributed by atoms with Gasteiger partial charge in [0.05, 0.1) is 18.5 Å². The van der Waals surface area contributed by atoms with Gasteiger partial charge in [0.15, 0.2) is 23.1 Å². The van der Waals surface area contributed by atoms with Crippen LogP contribution >= 0.6 is 0 Å². The number of anilines is 1. The number of nitrogen functional groups attached to an aromatic ring is 1. The molecule has 0 saturated heterocycles. The fraction of sp³-hybridized carbons (Fsp3) is 0.348. The number of aromatic nitrogens is 5. The highest BCUT2D eigenvalue weighted by molar-refractivity contribution is 5.95. The Balaban J connectivity index is 0.000000479. The molecule has 4 rings (SSSR count). The monoisotopic (exact) mass is 521 g/mol.